The van der Waals surface area contributed by atoms with Gasteiger partial charge >= 0.3 is 0 Å². The first-order valence-corrected chi connectivity index (χ1v) is 25.2. The molecule has 352 valence electrons. The lowest BCUT2D eigenvalue weighted by Gasteiger charge is -2.90. The summed E-state index contributed by atoms with van der Waals surface area (Å²) in [6.45, 7) is 26.7. The van der Waals surface area contributed by atoms with Crippen LogP contribution in [0.1, 0.15) is 139 Å². The predicted octanol–water partition coefficient (Wildman–Crippen LogP) is 12.4. The van der Waals surface area contributed by atoms with Gasteiger partial charge in [-0.1, -0.05) is 72.8 Å². The lowest BCUT2D eigenvalue weighted by Crippen LogP contribution is -2.90. The fraction of sp³-hybridized carbons (Fsp3) is 0.419. The van der Waals surface area contributed by atoms with Crippen LogP contribution < -0.4 is 34.4 Å². The van der Waals surface area contributed by atoms with Gasteiger partial charge in [-0.15, -0.1) is 0 Å². The maximum Gasteiger partial charge on any atom is 0.0373 e. The van der Waals surface area contributed by atoms with Crippen molar-refractivity contribution >= 4 is 34.1 Å². The number of rotatable bonds is 6. The molecule has 6 aromatic carbocycles. The van der Waals surface area contributed by atoms with Crippen molar-refractivity contribution in [3.8, 4) is 0 Å². The van der Waals surface area contributed by atoms with Crippen molar-refractivity contribution in [1.29, 1.82) is 0 Å². The van der Waals surface area contributed by atoms with E-state index in [1.54, 1.807) is 0 Å². The smallest absolute Gasteiger partial charge is 0.0373 e. The molecule has 0 aromatic heterocycles. The standard InChI is InChI=1S/C62H74N6/c1-31-13-43(14-32(2)51(31)63)57-25-49-61(47-21-39(9)55(67)40(10)22-47)29-58(44-15-33(3)52(64)34(4)16-44)26-50(59(61,27-57)45-17-35(5)53(65)36(6)18-45)60(28-57,46-19-37(7)54(66)38(8)20-46)62(49,30-58)48-23-41(11)56(68)42(12)24-48/h13-24,49-50H,25-30,63-68H2,1-12H3. The number of nitrogens with two attached hydrogens (primary N) is 6. The highest BCUT2D eigenvalue weighted by molar-refractivity contribution is 5.71. The van der Waals surface area contributed by atoms with E-state index in [0.29, 0.717) is 0 Å². The Hall–Kier alpha value is -5.88. The number of benzene rings is 6. The van der Waals surface area contributed by atoms with Gasteiger partial charge in [0.2, 0.25) is 0 Å². The first-order chi connectivity index (χ1) is 31.9. The van der Waals surface area contributed by atoms with Crippen molar-refractivity contribution < 1.29 is 0 Å². The van der Waals surface area contributed by atoms with Crippen LogP contribution in [-0.2, 0) is 32.5 Å². The molecule has 8 bridgehead atoms. The molecule has 7 aliphatic rings. The molecule has 0 spiro atoms. The molecule has 7 saturated carbocycles. The molecule has 0 saturated heterocycles. The number of nitrogen functional groups attached to an aromatic ring is 6. The Morgan fingerprint density at radius 2 is 0.412 bits per heavy atom. The average Bonchev–Trinajstić information content (AvgIpc) is 3.29. The fourth-order valence-electron chi connectivity index (χ4n) is 17.6. The second kappa shape index (κ2) is 13.9. The highest BCUT2D eigenvalue weighted by Crippen LogP contribution is 2.91. The van der Waals surface area contributed by atoms with Crippen molar-refractivity contribution in [2.45, 2.75) is 154 Å². The quantitative estimate of drug-likeness (QED) is 0.0914. The molecule has 6 heteroatoms. The largest absolute Gasteiger partial charge is 0.398 e. The minimum Gasteiger partial charge on any atom is -0.398 e. The monoisotopic (exact) mass is 903 g/mol. The van der Waals surface area contributed by atoms with Gasteiger partial charge in [0.25, 0.3) is 0 Å². The molecule has 12 N–H and O–H groups in total. The van der Waals surface area contributed by atoms with E-state index in [9.17, 15) is 0 Å². The Morgan fingerprint density at radius 3 is 0.574 bits per heavy atom. The molecular weight excluding hydrogens is 829 g/mol. The summed E-state index contributed by atoms with van der Waals surface area (Å²) in [5.41, 5.74) is 67.8. The molecular formula is C62H74N6. The molecule has 68 heavy (non-hydrogen) atoms. The van der Waals surface area contributed by atoms with Gasteiger partial charge in [-0.3, -0.25) is 0 Å². The maximum atomic E-state index is 7.03. The van der Waals surface area contributed by atoms with E-state index in [0.717, 1.165) is 139 Å². The van der Waals surface area contributed by atoms with Crippen LogP contribution >= 0.6 is 0 Å². The second-order valence-electron chi connectivity index (χ2n) is 23.8. The first-order valence-electron chi connectivity index (χ1n) is 25.2. The highest BCUT2D eigenvalue weighted by atomic mass is 14.9. The minimum absolute atomic E-state index is 0.178. The summed E-state index contributed by atoms with van der Waals surface area (Å²) < 4.78 is 0. The molecule has 0 amide bonds. The Bertz CT molecular complexity index is 2730. The first kappa shape index (κ1) is 44.6. The van der Waals surface area contributed by atoms with Crippen LogP contribution in [0.25, 0.3) is 0 Å². The Kier molecular flexibility index (Phi) is 9.11. The van der Waals surface area contributed by atoms with Gasteiger partial charge < -0.3 is 34.4 Å². The van der Waals surface area contributed by atoms with Crippen molar-refractivity contribution in [3.63, 3.8) is 0 Å². The molecule has 4 unspecified atom stereocenters. The number of hydrogen-bond acceptors (Lipinski definition) is 6. The van der Waals surface area contributed by atoms with E-state index in [1.165, 1.54) is 33.4 Å². The van der Waals surface area contributed by atoms with Gasteiger partial charge in [0.15, 0.2) is 0 Å². The van der Waals surface area contributed by atoms with E-state index >= 15 is 0 Å². The Balaban J connectivity index is 1.42. The molecule has 7 fully saturated rings. The zero-order valence-corrected chi connectivity index (χ0v) is 42.8. The lowest BCUT2D eigenvalue weighted by molar-refractivity contribution is -0.284. The van der Waals surface area contributed by atoms with Crippen LogP contribution in [0.15, 0.2) is 72.8 Å². The SMILES string of the molecule is Cc1cc(C23CC4C5(c6cc(C)c(N)c(C)c6)CC6(c7cc(C)c(N)c(C)c7)CC(C5(c5cc(C)c(N)c(C)c5)C2)C(c2cc(C)c(N)c(C)c2)(C3)C4(c2cc(C)c(N)c(C)c2)C6)cc(C)c1N. The summed E-state index contributed by atoms with van der Waals surface area (Å²) in [4.78, 5) is 0. The summed E-state index contributed by atoms with van der Waals surface area (Å²) in [5.74, 6) is 0.356. The topological polar surface area (TPSA) is 156 Å². The fourth-order valence-corrected chi connectivity index (χ4v) is 17.6. The minimum atomic E-state index is -0.359. The van der Waals surface area contributed by atoms with E-state index in [2.05, 4.69) is 156 Å². The van der Waals surface area contributed by atoms with Crippen LogP contribution in [0.2, 0.25) is 0 Å². The number of aryl methyl sites for hydroxylation is 12. The van der Waals surface area contributed by atoms with Crippen molar-refractivity contribution in [3.05, 3.63) is 173 Å². The highest BCUT2D eigenvalue weighted by Gasteiger charge is 2.90. The van der Waals surface area contributed by atoms with Crippen LogP contribution in [0.5, 0.6) is 0 Å². The summed E-state index contributed by atoms with van der Waals surface area (Å²) in [5, 5.41) is 0. The van der Waals surface area contributed by atoms with E-state index in [4.69, 9.17) is 34.4 Å². The van der Waals surface area contributed by atoms with Gasteiger partial charge in [0, 0.05) is 55.8 Å². The zero-order valence-electron chi connectivity index (χ0n) is 42.8. The molecule has 6 nitrogen and oxygen atoms in total. The van der Waals surface area contributed by atoms with Gasteiger partial charge in [0.05, 0.1) is 0 Å². The van der Waals surface area contributed by atoms with Crippen molar-refractivity contribution in [2.75, 3.05) is 34.4 Å². The van der Waals surface area contributed by atoms with Gasteiger partial charge in [-0.25, -0.2) is 0 Å². The summed E-state index contributed by atoms with van der Waals surface area (Å²) in [7, 11) is 0. The third kappa shape index (κ3) is 5.14. The summed E-state index contributed by atoms with van der Waals surface area (Å²) >= 11 is 0. The molecule has 0 heterocycles. The van der Waals surface area contributed by atoms with E-state index in [-0.39, 0.29) is 44.3 Å². The van der Waals surface area contributed by atoms with Crippen LogP contribution in [0.4, 0.5) is 34.1 Å². The van der Waals surface area contributed by atoms with Crippen LogP contribution in [0, 0.1) is 94.9 Å². The second-order valence-corrected chi connectivity index (χ2v) is 23.8. The van der Waals surface area contributed by atoms with E-state index < -0.39 is 0 Å². The predicted molar refractivity (Wildman–Crippen MR) is 287 cm³/mol. The van der Waals surface area contributed by atoms with E-state index in [1.807, 2.05) is 0 Å². The van der Waals surface area contributed by atoms with Crippen LogP contribution in [0.3, 0.4) is 0 Å². The maximum absolute atomic E-state index is 7.03. The summed E-state index contributed by atoms with van der Waals surface area (Å²) in [6.07, 6.45) is 6.11. The third-order valence-electron chi connectivity index (χ3n) is 20.5. The van der Waals surface area contributed by atoms with Crippen molar-refractivity contribution in [2.24, 2.45) is 11.8 Å². The molecule has 13 rings (SSSR count). The Labute approximate surface area is 405 Å². The number of hydrogen-bond donors (Lipinski definition) is 6. The molecule has 7 aliphatic carbocycles. The van der Waals surface area contributed by atoms with Gasteiger partial charge in [-0.05, 0) is 244 Å². The Morgan fingerprint density at radius 1 is 0.265 bits per heavy atom. The molecule has 0 radical (unpaired) electrons. The number of anilines is 6. The zero-order chi connectivity index (χ0) is 48.7. The normalized spacial score (nSPS) is 30.7. The summed E-state index contributed by atoms with van der Waals surface area (Å²) in [6, 6.07) is 30.1. The average molecular weight is 903 g/mol. The van der Waals surface area contributed by atoms with Gasteiger partial charge in [0.1, 0.15) is 0 Å². The third-order valence-corrected chi connectivity index (χ3v) is 20.5. The molecule has 0 aliphatic heterocycles. The van der Waals surface area contributed by atoms with Crippen molar-refractivity contribution in [1.82, 2.24) is 0 Å². The van der Waals surface area contributed by atoms with Gasteiger partial charge in [-0.2, -0.15) is 0 Å². The molecule has 4 atom stereocenters. The van der Waals surface area contributed by atoms with Crippen LogP contribution in [-0.4, -0.2) is 0 Å². The lowest BCUT2D eigenvalue weighted by atomic mass is 9.12. The molecule has 6 aromatic rings.